The smallest absolute Gasteiger partial charge is 0.409 e. The molecule has 0 unspecified atom stereocenters. The van der Waals surface area contributed by atoms with Crippen LogP contribution in [0.3, 0.4) is 0 Å². The maximum Gasteiger partial charge on any atom is 0.438 e. The topological polar surface area (TPSA) is 81.8 Å². The standard InChI is InChI=1S/C10H10N2O4/c1-7(2)11-10(13)16-9-5-3-8(4-6-9)12(14)15/h3-6H,1-2H3. The van der Waals surface area contributed by atoms with Crippen molar-refractivity contribution in [2.45, 2.75) is 13.8 Å². The minimum atomic E-state index is -0.742. The third kappa shape index (κ3) is 3.49. The van der Waals surface area contributed by atoms with Gasteiger partial charge in [-0.25, -0.2) is 4.79 Å². The van der Waals surface area contributed by atoms with E-state index in [-0.39, 0.29) is 11.4 Å². The molecule has 1 amide bonds. The van der Waals surface area contributed by atoms with Crippen LogP contribution in [0.1, 0.15) is 13.8 Å². The monoisotopic (exact) mass is 222 g/mol. The predicted octanol–water partition coefficient (Wildman–Crippen LogP) is 2.57. The largest absolute Gasteiger partial charge is 0.438 e. The Kier molecular flexibility index (Phi) is 3.71. The predicted molar refractivity (Wildman–Crippen MR) is 57.9 cm³/mol. The van der Waals surface area contributed by atoms with E-state index in [1.807, 2.05) is 0 Å². The minimum absolute atomic E-state index is 0.0602. The Hall–Kier alpha value is -2.24. The van der Waals surface area contributed by atoms with Crippen molar-refractivity contribution in [1.82, 2.24) is 0 Å². The SMILES string of the molecule is CC(C)=NC(=O)Oc1ccc([N+](=O)[O-])cc1. The van der Waals surface area contributed by atoms with E-state index in [4.69, 9.17) is 4.74 Å². The number of amides is 1. The summed E-state index contributed by atoms with van der Waals surface area (Å²) in [5, 5.41) is 10.4. The highest BCUT2D eigenvalue weighted by Crippen LogP contribution is 2.17. The fourth-order valence-electron chi connectivity index (χ4n) is 0.942. The van der Waals surface area contributed by atoms with E-state index in [1.165, 1.54) is 24.3 Å². The molecule has 6 nitrogen and oxygen atoms in total. The van der Waals surface area contributed by atoms with Crippen LogP contribution in [0.2, 0.25) is 0 Å². The maximum absolute atomic E-state index is 11.1. The van der Waals surface area contributed by atoms with Crippen LogP contribution >= 0.6 is 0 Å². The zero-order valence-corrected chi connectivity index (χ0v) is 8.84. The third-order valence-corrected chi connectivity index (χ3v) is 1.57. The number of rotatable bonds is 2. The van der Waals surface area contributed by atoms with E-state index in [2.05, 4.69) is 4.99 Å². The summed E-state index contributed by atoms with van der Waals surface area (Å²) >= 11 is 0. The molecular formula is C10H10N2O4. The fourth-order valence-corrected chi connectivity index (χ4v) is 0.942. The second-order valence-corrected chi connectivity index (χ2v) is 3.18. The highest BCUT2D eigenvalue weighted by Gasteiger charge is 2.06. The molecular weight excluding hydrogens is 212 g/mol. The van der Waals surface area contributed by atoms with Crippen LogP contribution in [0.15, 0.2) is 29.3 Å². The Labute approximate surface area is 91.7 Å². The zero-order valence-electron chi connectivity index (χ0n) is 8.84. The van der Waals surface area contributed by atoms with E-state index in [9.17, 15) is 14.9 Å². The molecule has 6 heteroatoms. The Bertz CT molecular complexity index is 433. The van der Waals surface area contributed by atoms with Crippen molar-refractivity contribution < 1.29 is 14.5 Å². The van der Waals surface area contributed by atoms with Crippen molar-refractivity contribution >= 4 is 17.5 Å². The van der Waals surface area contributed by atoms with Crippen molar-refractivity contribution in [2.75, 3.05) is 0 Å². The maximum atomic E-state index is 11.1. The number of carbonyl (C=O) groups is 1. The highest BCUT2D eigenvalue weighted by molar-refractivity contribution is 5.90. The van der Waals surface area contributed by atoms with Gasteiger partial charge in [0.1, 0.15) is 5.75 Å². The van der Waals surface area contributed by atoms with Crippen molar-refractivity contribution in [2.24, 2.45) is 4.99 Å². The molecule has 0 aliphatic heterocycles. The third-order valence-electron chi connectivity index (χ3n) is 1.57. The molecule has 0 heterocycles. The molecule has 0 aromatic heterocycles. The second kappa shape index (κ2) is 5.01. The quantitative estimate of drug-likeness (QED) is 0.437. The summed E-state index contributed by atoms with van der Waals surface area (Å²) < 4.78 is 4.81. The average Bonchev–Trinajstić information content (AvgIpc) is 2.16. The van der Waals surface area contributed by atoms with Crippen LogP contribution in [-0.2, 0) is 0 Å². The lowest BCUT2D eigenvalue weighted by Crippen LogP contribution is -2.04. The Morgan fingerprint density at radius 3 is 2.31 bits per heavy atom. The van der Waals surface area contributed by atoms with Gasteiger partial charge in [0.25, 0.3) is 5.69 Å². The molecule has 0 spiro atoms. The Balaban J connectivity index is 2.73. The molecule has 1 rings (SSSR count). The highest BCUT2D eigenvalue weighted by atomic mass is 16.6. The van der Waals surface area contributed by atoms with Crippen LogP contribution in [-0.4, -0.2) is 16.7 Å². The molecule has 0 aliphatic carbocycles. The van der Waals surface area contributed by atoms with Crippen molar-refractivity contribution in [3.05, 3.63) is 34.4 Å². The first-order chi connectivity index (χ1) is 7.49. The summed E-state index contributed by atoms with van der Waals surface area (Å²) in [5.74, 6) is 0.223. The summed E-state index contributed by atoms with van der Waals surface area (Å²) in [5.41, 5.74) is 0.516. The number of aliphatic imine (C=N–C) groups is 1. The number of nitrogens with zero attached hydrogens (tertiary/aromatic N) is 2. The van der Waals surface area contributed by atoms with Gasteiger partial charge in [0.2, 0.25) is 0 Å². The number of hydrogen-bond donors (Lipinski definition) is 0. The lowest BCUT2D eigenvalue weighted by atomic mass is 10.3. The molecule has 0 radical (unpaired) electrons. The molecule has 0 fully saturated rings. The Morgan fingerprint density at radius 1 is 1.31 bits per heavy atom. The number of benzene rings is 1. The first-order valence-electron chi connectivity index (χ1n) is 4.47. The van der Waals surface area contributed by atoms with Gasteiger partial charge in [0.05, 0.1) is 4.92 Å². The summed E-state index contributed by atoms with van der Waals surface area (Å²) in [6, 6.07) is 5.20. The van der Waals surface area contributed by atoms with Crippen LogP contribution in [0.4, 0.5) is 10.5 Å². The summed E-state index contributed by atoms with van der Waals surface area (Å²) in [7, 11) is 0. The van der Waals surface area contributed by atoms with E-state index in [1.54, 1.807) is 13.8 Å². The molecule has 0 bridgehead atoms. The van der Waals surface area contributed by atoms with Crippen LogP contribution in [0, 0.1) is 10.1 Å². The first-order valence-corrected chi connectivity index (χ1v) is 4.47. The fraction of sp³-hybridized carbons (Fsp3) is 0.200. The van der Waals surface area contributed by atoms with Gasteiger partial charge in [-0.3, -0.25) is 10.1 Å². The summed E-state index contributed by atoms with van der Waals surface area (Å²) in [4.78, 5) is 24.5. The molecule has 16 heavy (non-hydrogen) atoms. The molecule has 1 aromatic rings. The molecule has 0 N–H and O–H groups in total. The summed E-state index contributed by atoms with van der Waals surface area (Å²) in [6.07, 6.45) is -0.742. The van der Waals surface area contributed by atoms with Gasteiger partial charge in [-0.05, 0) is 26.0 Å². The Morgan fingerprint density at radius 2 is 1.88 bits per heavy atom. The second-order valence-electron chi connectivity index (χ2n) is 3.18. The van der Waals surface area contributed by atoms with Gasteiger partial charge in [-0.1, -0.05) is 0 Å². The van der Waals surface area contributed by atoms with Crippen molar-refractivity contribution in [3.8, 4) is 5.75 Å². The number of non-ortho nitro benzene ring substituents is 1. The van der Waals surface area contributed by atoms with E-state index >= 15 is 0 Å². The number of carbonyl (C=O) groups excluding carboxylic acids is 1. The lowest BCUT2D eigenvalue weighted by Gasteiger charge is -1.99. The van der Waals surface area contributed by atoms with Gasteiger partial charge < -0.3 is 4.74 Å². The number of nitro benzene ring substituents is 1. The van der Waals surface area contributed by atoms with Crippen LogP contribution < -0.4 is 4.74 Å². The van der Waals surface area contributed by atoms with E-state index in [0.717, 1.165) is 0 Å². The van der Waals surface area contributed by atoms with Gasteiger partial charge in [0.15, 0.2) is 0 Å². The zero-order chi connectivity index (χ0) is 12.1. The van der Waals surface area contributed by atoms with Gasteiger partial charge in [0, 0.05) is 17.8 Å². The number of ether oxygens (including phenoxy) is 1. The first kappa shape index (κ1) is 11.8. The van der Waals surface area contributed by atoms with Crippen molar-refractivity contribution in [3.63, 3.8) is 0 Å². The van der Waals surface area contributed by atoms with Crippen molar-refractivity contribution in [1.29, 1.82) is 0 Å². The van der Waals surface area contributed by atoms with Gasteiger partial charge in [-0.2, -0.15) is 4.99 Å². The number of hydrogen-bond acceptors (Lipinski definition) is 4. The van der Waals surface area contributed by atoms with Gasteiger partial charge in [-0.15, -0.1) is 0 Å². The molecule has 0 aliphatic rings. The molecule has 0 saturated heterocycles. The summed E-state index contributed by atoms with van der Waals surface area (Å²) in [6.45, 7) is 3.33. The van der Waals surface area contributed by atoms with E-state index in [0.29, 0.717) is 5.71 Å². The minimum Gasteiger partial charge on any atom is -0.409 e. The van der Waals surface area contributed by atoms with Crippen LogP contribution in [0.25, 0.3) is 0 Å². The molecule has 0 saturated carbocycles. The average molecular weight is 222 g/mol. The van der Waals surface area contributed by atoms with Crippen LogP contribution in [0.5, 0.6) is 5.75 Å². The lowest BCUT2D eigenvalue weighted by molar-refractivity contribution is -0.384. The normalized spacial score (nSPS) is 9.38. The molecule has 84 valence electrons. The molecule has 0 atom stereocenters. The number of nitro groups is 1. The van der Waals surface area contributed by atoms with E-state index < -0.39 is 11.0 Å². The van der Waals surface area contributed by atoms with Gasteiger partial charge >= 0.3 is 6.09 Å². The molecule has 1 aromatic carbocycles.